The van der Waals surface area contributed by atoms with E-state index in [2.05, 4.69) is 12.2 Å². The average molecular weight is 169 g/mol. The molecule has 1 amide bonds. The lowest BCUT2D eigenvalue weighted by Gasteiger charge is -2.17. The first kappa shape index (κ1) is 9.56. The summed E-state index contributed by atoms with van der Waals surface area (Å²) in [6, 6.07) is 0.474. The standard InChI is InChI=1S/C10H19NO/c1-5-7-6-8(7)11-9(12)10(2,3)4/h7-8H,5-6H2,1-4H3,(H,11,12)/t7-,8-/m1/s1. The molecule has 0 unspecified atom stereocenters. The van der Waals surface area contributed by atoms with E-state index in [1.165, 1.54) is 12.8 Å². The number of nitrogens with one attached hydrogen (secondary N) is 1. The summed E-state index contributed by atoms with van der Waals surface area (Å²) in [7, 11) is 0. The highest BCUT2D eigenvalue weighted by molar-refractivity contribution is 5.81. The molecular formula is C10H19NO. The van der Waals surface area contributed by atoms with Crippen LogP contribution in [0.4, 0.5) is 0 Å². The molecule has 1 aliphatic rings. The van der Waals surface area contributed by atoms with Crippen molar-refractivity contribution in [3.05, 3.63) is 0 Å². The highest BCUT2D eigenvalue weighted by Crippen LogP contribution is 2.33. The lowest BCUT2D eigenvalue weighted by molar-refractivity contribution is -0.128. The van der Waals surface area contributed by atoms with Crippen molar-refractivity contribution in [2.45, 2.75) is 46.6 Å². The van der Waals surface area contributed by atoms with Crippen molar-refractivity contribution >= 4 is 5.91 Å². The summed E-state index contributed by atoms with van der Waals surface area (Å²) in [4.78, 5) is 11.5. The molecule has 0 saturated heterocycles. The summed E-state index contributed by atoms with van der Waals surface area (Å²) in [5.41, 5.74) is -0.235. The van der Waals surface area contributed by atoms with Gasteiger partial charge in [0.25, 0.3) is 0 Å². The lowest BCUT2D eigenvalue weighted by atomic mass is 9.96. The molecule has 0 aromatic carbocycles. The Labute approximate surface area is 74.7 Å². The fourth-order valence-corrected chi connectivity index (χ4v) is 1.26. The van der Waals surface area contributed by atoms with Gasteiger partial charge in [-0.25, -0.2) is 0 Å². The number of amides is 1. The van der Waals surface area contributed by atoms with Crippen LogP contribution in [-0.4, -0.2) is 11.9 Å². The fraction of sp³-hybridized carbons (Fsp3) is 0.900. The molecule has 2 atom stereocenters. The van der Waals surface area contributed by atoms with Crippen LogP contribution in [0, 0.1) is 11.3 Å². The van der Waals surface area contributed by atoms with E-state index in [-0.39, 0.29) is 11.3 Å². The first-order valence-corrected chi connectivity index (χ1v) is 4.76. The summed E-state index contributed by atoms with van der Waals surface area (Å²) in [6.07, 6.45) is 2.37. The summed E-state index contributed by atoms with van der Waals surface area (Å²) in [5, 5.41) is 3.06. The first-order valence-electron chi connectivity index (χ1n) is 4.76. The van der Waals surface area contributed by atoms with Gasteiger partial charge in [0.05, 0.1) is 0 Å². The average Bonchev–Trinajstić information content (AvgIpc) is 2.65. The molecule has 0 spiro atoms. The predicted molar refractivity (Wildman–Crippen MR) is 49.8 cm³/mol. The van der Waals surface area contributed by atoms with Crippen LogP contribution in [-0.2, 0) is 4.79 Å². The van der Waals surface area contributed by atoms with E-state index in [0.29, 0.717) is 6.04 Å². The van der Waals surface area contributed by atoms with Gasteiger partial charge in [-0.1, -0.05) is 34.1 Å². The fourth-order valence-electron chi connectivity index (χ4n) is 1.26. The van der Waals surface area contributed by atoms with Crippen LogP contribution in [0.3, 0.4) is 0 Å². The van der Waals surface area contributed by atoms with Gasteiger partial charge in [-0.15, -0.1) is 0 Å². The molecule has 1 rings (SSSR count). The smallest absolute Gasteiger partial charge is 0.225 e. The summed E-state index contributed by atoms with van der Waals surface area (Å²) in [6.45, 7) is 8.02. The van der Waals surface area contributed by atoms with Crippen molar-refractivity contribution in [1.82, 2.24) is 5.32 Å². The van der Waals surface area contributed by atoms with Crippen molar-refractivity contribution in [3.8, 4) is 0 Å². The van der Waals surface area contributed by atoms with Crippen LogP contribution in [0.1, 0.15) is 40.5 Å². The summed E-state index contributed by atoms with van der Waals surface area (Å²) < 4.78 is 0. The Morgan fingerprint density at radius 2 is 2.08 bits per heavy atom. The minimum atomic E-state index is -0.235. The molecule has 0 aromatic rings. The Hall–Kier alpha value is -0.530. The van der Waals surface area contributed by atoms with Gasteiger partial charge in [-0.05, 0) is 12.3 Å². The molecular weight excluding hydrogens is 150 g/mol. The van der Waals surface area contributed by atoms with E-state index in [1.807, 2.05) is 20.8 Å². The van der Waals surface area contributed by atoms with Crippen LogP contribution in [0.5, 0.6) is 0 Å². The molecule has 0 aromatic heterocycles. The second-order valence-corrected chi connectivity index (χ2v) is 4.73. The van der Waals surface area contributed by atoms with Gasteiger partial charge in [0.2, 0.25) is 5.91 Å². The third kappa shape index (κ3) is 2.23. The molecule has 1 fully saturated rings. The molecule has 1 saturated carbocycles. The SMILES string of the molecule is CC[C@@H]1C[C@H]1NC(=O)C(C)(C)C. The zero-order chi connectivity index (χ0) is 9.35. The van der Waals surface area contributed by atoms with Gasteiger partial charge >= 0.3 is 0 Å². The maximum absolute atomic E-state index is 11.5. The van der Waals surface area contributed by atoms with Crippen molar-refractivity contribution in [1.29, 1.82) is 0 Å². The van der Waals surface area contributed by atoms with Gasteiger partial charge in [0.1, 0.15) is 0 Å². The Balaban J connectivity index is 2.30. The number of carbonyl (C=O) groups is 1. The normalized spacial score (nSPS) is 28.3. The minimum absolute atomic E-state index is 0.184. The highest BCUT2D eigenvalue weighted by atomic mass is 16.2. The van der Waals surface area contributed by atoms with Gasteiger partial charge in [0.15, 0.2) is 0 Å². The summed E-state index contributed by atoms with van der Waals surface area (Å²) >= 11 is 0. The Kier molecular flexibility index (Phi) is 2.45. The molecule has 12 heavy (non-hydrogen) atoms. The quantitative estimate of drug-likeness (QED) is 0.672. The number of hydrogen-bond donors (Lipinski definition) is 1. The topological polar surface area (TPSA) is 29.1 Å². The maximum Gasteiger partial charge on any atom is 0.225 e. The van der Waals surface area contributed by atoms with E-state index in [0.717, 1.165) is 5.92 Å². The Morgan fingerprint density at radius 1 is 1.50 bits per heavy atom. The van der Waals surface area contributed by atoms with Crippen LogP contribution in [0.15, 0.2) is 0 Å². The van der Waals surface area contributed by atoms with E-state index >= 15 is 0 Å². The highest BCUT2D eigenvalue weighted by Gasteiger charge is 2.38. The van der Waals surface area contributed by atoms with Crippen molar-refractivity contribution < 1.29 is 4.79 Å². The molecule has 2 nitrogen and oxygen atoms in total. The molecule has 70 valence electrons. The van der Waals surface area contributed by atoms with Crippen LogP contribution < -0.4 is 5.32 Å². The third-order valence-electron chi connectivity index (χ3n) is 2.44. The molecule has 2 heteroatoms. The van der Waals surface area contributed by atoms with E-state index < -0.39 is 0 Å². The molecule has 0 heterocycles. The third-order valence-corrected chi connectivity index (χ3v) is 2.44. The van der Waals surface area contributed by atoms with Crippen LogP contribution in [0.2, 0.25) is 0 Å². The van der Waals surface area contributed by atoms with Gasteiger partial charge in [0, 0.05) is 11.5 Å². The Bertz CT molecular complexity index is 181. The monoisotopic (exact) mass is 169 g/mol. The zero-order valence-corrected chi connectivity index (χ0v) is 8.48. The lowest BCUT2D eigenvalue weighted by Crippen LogP contribution is -2.36. The van der Waals surface area contributed by atoms with Crippen LogP contribution in [0.25, 0.3) is 0 Å². The molecule has 0 bridgehead atoms. The van der Waals surface area contributed by atoms with Gasteiger partial charge in [-0.2, -0.15) is 0 Å². The second-order valence-electron chi connectivity index (χ2n) is 4.73. The van der Waals surface area contributed by atoms with Crippen molar-refractivity contribution in [2.75, 3.05) is 0 Å². The minimum Gasteiger partial charge on any atom is -0.353 e. The van der Waals surface area contributed by atoms with E-state index in [1.54, 1.807) is 0 Å². The number of carbonyl (C=O) groups excluding carboxylic acids is 1. The molecule has 0 radical (unpaired) electrons. The van der Waals surface area contributed by atoms with Gasteiger partial charge < -0.3 is 5.32 Å². The number of rotatable bonds is 2. The second kappa shape index (κ2) is 3.08. The Morgan fingerprint density at radius 3 is 2.42 bits per heavy atom. The van der Waals surface area contributed by atoms with E-state index in [9.17, 15) is 4.79 Å². The van der Waals surface area contributed by atoms with Crippen LogP contribution >= 0.6 is 0 Å². The maximum atomic E-state index is 11.5. The van der Waals surface area contributed by atoms with E-state index in [4.69, 9.17) is 0 Å². The molecule has 1 N–H and O–H groups in total. The van der Waals surface area contributed by atoms with Crippen molar-refractivity contribution in [2.24, 2.45) is 11.3 Å². The predicted octanol–water partition coefficient (Wildman–Crippen LogP) is 1.95. The zero-order valence-electron chi connectivity index (χ0n) is 8.48. The van der Waals surface area contributed by atoms with Gasteiger partial charge in [-0.3, -0.25) is 4.79 Å². The largest absolute Gasteiger partial charge is 0.353 e. The number of hydrogen-bond acceptors (Lipinski definition) is 1. The first-order chi connectivity index (χ1) is 5.45. The van der Waals surface area contributed by atoms with Crippen molar-refractivity contribution in [3.63, 3.8) is 0 Å². The summed E-state index contributed by atoms with van der Waals surface area (Å²) in [5.74, 6) is 0.930. The molecule has 0 aliphatic heterocycles. The molecule has 1 aliphatic carbocycles.